The molecular weight excluding hydrogens is 396 g/mol. The maximum atomic E-state index is 12.3. The molecule has 0 aliphatic carbocycles. The molecule has 0 heterocycles. The number of amides is 1. The van der Waals surface area contributed by atoms with Crippen molar-refractivity contribution in [3.63, 3.8) is 0 Å². The molecule has 148 valence electrons. The van der Waals surface area contributed by atoms with Crippen molar-refractivity contribution in [1.82, 2.24) is 4.72 Å². The first-order valence-electron chi connectivity index (χ1n) is 8.26. The minimum Gasteiger partial charge on any atom is -0.452 e. The molecule has 0 spiro atoms. The van der Waals surface area contributed by atoms with Crippen molar-refractivity contribution >= 4 is 27.6 Å². The van der Waals surface area contributed by atoms with Crippen LogP contribution in [-0.4, -0.2) is 32.9 Å². The molecule has 2 aromatic rings. The number of sulfonamides is 1. The number of rotatable bonds is 7. The van der Waals surface area contributed by atoms with Crippen molar-refractivity contribution in [1.29, 1.82) is 10.5 Å². The Labute approximate surface area is 167 Å². The van der Waals surface area contributed by atoms with Gasteiger partial charge in [0.25, 0.3) is 5.91 Å². The van der Waals surface area contributed by atoms with Crippen molar-refractivity contribution < 1.29 is 22.7 Å². The number of carbonyl (C=O) groups is 2. The highest BCUT2D eigenvalue weighted by atomic mass is 32.2. The van der Waals surface area contributed by atoms with Crippen LogP contribution in [0.4, 0.5) is 5.69 Å². The van der Waals surface area contributed by atoms with E-state index in [1.54, 1.807) is 18.2 Å². The largest absolute Gasteiger partial charge is 0.452 e. The molecule has 29 heavy (non-hydrogen) atoms. The van der Waals surface area contributed by atoms with Crippen LogP contribution in [0, 0.1) is 22.7 Å². The zero-order chi connectivity index (χ0) is 21.4. The molecule has 0 aliphatic rings. The van der Waals surface area contributed by atoms with Crippen LogP contribution in [0.15, 0.2) is 53.4 Å². The second kappa shape index (κ2) is 9.46. The Hall–Kier alpha value is -3.73. The highest BCUT2D eigenvalue weighted by Gasteiger charge is 2.22. The lowest BCUT2D eigenvalue weighted by molar-refractivity contribution is -0.151. The number of hydrogen-bond acceptors (Lipinski definition) is 7. The second-order valence-electron chi connectivity index (χ2n) is 5.71. The van der Waals surface area contributed by atoms with Gasteiger partial charge in [-0.25, -0.2) is 8.42 Å². The fourth-order valence-electron chi connectivity index (χ4n) is 2.24. The zero-order valence-electron chi connectivity index (χ0n) is 15.2. The van der Waals surface area contributed by atoms with Crippen LogP contribution < -0.4 is 10.0 Å². The minimum absolute atomic E-state index is 0.0720. The molecule has 0 aliphatic heterocycles. The molecule has 9 nitrogen and oxygen atoms in total. The third-order valence-electron chi connectivity index (χ3n) is 3.69. The average molecular weight is 412 g/mol. The predicted octanol–water partition coefficient (Wildman–Crippen LogP) is 1.28. The van der Waals surface area contributed by atoms with Gasteiger partial charge in [-0.1, -0.05) is 24.3 Å². The Balaban J connectivity index is 1.96. The van der Waals surface area contributed by atoms with Crippen molar-refractivity contribution in [2.75, 3.05) is 11.9 Å². The lowest BCUT2D eigenvalue weighted by Crippen LogP contribution is -2.36. The monoisotopic (exact) mass is 412 g/mol. The SMILES string of the molecule is C[C@H](OC(=O)CNS(=O)(=O)c1ccccc1C#N)C(=O)Nc1ccccc1C#N. The number of carbonyl (C=O) groups excluding carboxylic acids is 2. The van der Waals surface area contributed by atoms with Crippen molar-refractivity contribution in [3.8, 4) is 12.1 Å². The first-order valence-corrected chi connectivity index (χ1v) is 9.75. The topological polar surface area (TPSA) is 149 Å². The fraction of sp³-hybridized carbons (Fsp3) is 0.158. The van der Waals surface area contributed by atoms with Crippen LogP contribution in [0.5, 0.6) is 0 Å². The summed E-state index contributed by atoms with van der Waals surface area (Å²) in [7, 11) is -4.12. The molecule has 1 amide bonds. The number of ether oxygens (including phenoxy) is 1. The summed E-state index contributed by atoms with van der Waals surface area (Å²) in [6.07, 6.45) is -1.23. The van der Waals surface area contributed by atoms with Crippen LogP contribution in [0.2, 0.25) is 0 Å². The van der Waals surface area contributed by atoms with Crippen molar-refractivity contribution in [2.45, 2.75) is 17.9 Å². The normalized spacial score (nSPS) is 11.6. The first-order chi connectivity index (χ1) is 13.8. The number of hydrogen-bond donors (Lipinski definition) is 2. The van der Waals surface area contributed by atoms with Gasteiger partial charge < -0.3 is 10.1 Å². The van der Waals surface area contributed by atoms with Crippen molar-refractivity contribution in [2.24, 2.45) is 0 Å². The zero-order valence-corrected chi connectivity index (χ0v) is 16.1. The van der Waals surface area contributed by atoms with E-state index in [-0.39, 0.29) is 21.7 Å². The molecule has 0 bridgehead atoms. The Kier molecular flexibility index (Phi) is 7.04. The van der Waals surface area contributed by atoms with Gasteiger partial charge in [0.15, 0.2) is 6.10 Å². The summed E-state index contributed by atoms with van der Waals surface area (Å²) in [5.74, 6) is -1.67. The Morgan fingerprint density at radius 3 is 2.28 bits per heavy atom. The van der Waals surface area contributed by atoms with Gasteiger partial charge in [0, 0.05) is 0 Å². The molecule has 10 heteroatoms. The van der Waals surface area contributed by atoms with Gasteiger partial charge in [0.05, 0.1) is 21.7 Å². The van der Waals surface area contributed by atoms with Crippen LogP contribution >= 0.6 is 0 Å². The quantitative estimate of drug-likeness (QED) is 0.650. The second-order valence-corrected chi connectivity index (χ2v) is 7.45. The first kappa shape index (κ1) is 21.6. The van der Waals surface area contributed by atoms with E-state index in [1.165, 1.54) is 43.3 Å². The summed E-state index contributed by atoms with van der Waals surface area (Å²) < 4.78 is 31.5. The van der Waals surface area contributed by atoms with E-state index in [2.05, 4.69) is 5.32 Å². The number of nitriles is 2. The number of benzene rings is 2. The number of para-hydroxylation sites is 1. The van der Waals surface area contributed by atoms with Crippen LogP contribution in [0.3, 0.4) is 0 Å². The molecule has 0 saturated carbocycles. The molecule has 2 N–H and O–H groups in total. The van der Waals surface area contributed by atoms with E-state index in [0.717, 1.165) is 0 Å². The van der Waals surface area contributed by atoms with Gasteiger partial charge in [0.1, 0.15) is 18.7 Å². The van der Waals surface area contributed by atoms with E-state index in [9.17, 15) is 18.0 Å². The Bertz CT molecular complexity index is 1120. The number of anilines is 1. The maximum Gasteiger partial charge on any atom is 0.321 e. The van der Waals surface area contributed by atoms with Crippen LogP contribution in [0.1, 0.15) is 18.1 Å². The van der Waals surface area contributed by atoms with Crippen LogP contribution in [-0.2, 0) is 24.3 Å². The van der Waals surface area contributed by atoms with E-state index in [4.69, 9.17) is 15.3 Å². The number of nitrogens with zero attached hydrogens (tertiary/aromatic N) is 2. The van der Waals surface area contributed by atoms with E-state index in [1.807, 2.05) is 10.8 Å². The lowest BCUT2D eigenvalue weighted by Gasteiger charge is -2.14. The average Bonchev–Trinajstić information content (AvgIpc) is 2.72. The summed E-state index contributed by atoms with van der Waals surface area (Å²) in [5.41, 5.74) is 0.428. The predicted molar refractivity (Wildman–Crippen MR) is 102 cm³/mol. The summed E-state index contributed by atoms with van der Waals surface area (Å²) >= 11 is 0. The summed E-state index contributed by atoms with van der Waals surface area (Å²) in [6.45, 7) is 0.580. The van der Waals surface area contributed by atoms with Crippen LogP contribution in [0.25, 0.3) is 0 Å². The smallest absolute Gasteiger partial charge is 0.321 e. The van der Waals surface area contributed by atoms with E-state index < -0.39 is 34.5 Å². The van der Waals surface area contributed by atoms with Crippen molar-refractivity contribution in [3.05, 3.63) is 59.7 Å². The highest BCUT2D eigenvalue weighted by Crippen LogP contribution is 2.15. The van der Waals surface area contributed by atoms with Gasteiger partial charge >= 0.3 is 5.97 Å². The fourth-order valence-corrected chi connectivity index (χ4v) is 3.37. The van der Waals surface area contributed by atoms with E-state index >= 15 is 0 Å². The molecule has 0 saturated heterocycles. The Morgan fingerprint density at radius 2 is 1.62 bits per heavy atom. The Morgan fingerprint density at radius 1 is 1.03 bits per heavy atom. The van der Waals surface area contributed by atoms with Gasteiger partial charge in [-0.3, -0.25) is 9.59 Å². The lowest BCUT2D eigenvalue weighted by atomic mass is 10.2. The molecule has 2 aromatic carbocycles. The highest BCUT2D eigenvalue weighted by molar-refractivity contribution is 7.89. The summed E-state index contributed by atoms with van der Waals surface area (Å²) in [4.78, 5) is 23.8. The summed E-state index contributed by atoms with van der Waals surface area (Å²) in [5, 5.41) is 20.5. The third-order valence-corrected chi connectivity index (χ3v) is 5.15. The number of esters is 1. The number of nitrogens with one attached hydrogen (secondary N) is 2. The molecular formula is C19H16N4O5S. The van der Waals surface area contributed by atoms with E-state index in [0.29, 0.717) is 0 Å². The molecule has 0 aromatic heterocycles. The van der Waals surface area contributed by atoms with Gasteiger partial charge in [-0.15, -0.1) is 0 Å². The molecule has 1 atom stereocenters. The molecule has 0 unspecified atom stereocenters. The molecule has 0 radical (unpaired) electrons. The van der Waals surface area contributed by atoms with Gasteiger partial charge in [0.2, 0.25) is 10.0 Å². The molecule has 2 rings (SSSR count). The maximum absolute atomic E-state index is 12.3. The van der Waals surface area contributed by atoms with Gasteiger partial charge in [-0.05, 0) is 31.2 Å². The van der Waals surface area contributed by atoms with Gasteiger partial charge in [-0.2, -0.15) is 15.2 Å². The standard InChI is InChI=1S/C19H16N4O5S/c1-13(19(25)23-16-8-4-2-6-14(16)10-20)28-18(24)12-22-29(26,27)17-9-5-3-7-15(17)11-21/h2-9,13,22H,12H2,1H3,(H,23,25)/t13-/m0/s1. The summed E-state index contributed by atoms with van der Waals surface area (Å²) in [6, 6.07) is 15.5. The minimum atomic E-state index is -4.12. The third kappa shape index (κ3) is 5.62. The molecule has 0 fully saturated rings.